The molecule has 3 heteroatoms. The Kier molecular flexibility index (Phi) is 5.17. The second-order valence-corrected chi connectivity index (χ2v) is 5.86. The Morgan fingerprint density at radius 1 is 1.17 bits per heavy atom. The van der Waals surface area contributed by atoms with E-state index < -0.39 is 6.10 Å². The molecule has 0 spiro atoms. The van der Waals surface area contributed by atoms with Crippen molar-refractivity contribution in [3.05, 3.63) is 29.8 Å². The average Bonchev–Trinajstić information content (AvgIpc) is 2.24. The Hall–Kier alpha value is -1.06. The number of hydrogen-bond donors (Lipinski definition) is 2. The molecule has 2 N–H and O–H groups in total. The molecule has 0 amide bonds. The molecule has 102 valence electrons. The fourth-order valence-corrected chi connectivity index (χ4v) is 1.58. The Bertz CT molecular complexity index is 352. The summed E-state index contributed by atoms with van der Waals surface area (Å²) >= 11 is 0. The highest BCUT2D eigenvalue weighted by Gasteiger charge is 2.12. The van der Waals surface area contributed by atoms with Crippen LogP contribution in [0.25, 0.3) is 0 Å². The summed E-state index contributed by atoms with van der Waals surface area (Å²) in [5.74, 6) is 0.829. The van der Waals surface area contributed by atoms with Crippen molar-refractivity contribution in [3.8, 4) is 5.75 Å². The summed E-state index contributed by atoms with van der Waals surface area (Å²) in [4.78, 5) is 0. The van der Waals surface area contributed by atoms with Crippen molar-refractivity contribution in [2.75, 3.05) is 6.54 Å². The van der Waals surface area contributed by atoms with E-state index >= 15 is 0 Å². The van der Waals surface area contributed by atoms with Crippen LogP contribution in [0, 0.1) is 0 Å². The van der Waals surface area contributed by atoms with Crippen LogP contribution in [0.4, 0.5) is 0 Å². The van der Waals surface area contributed by atoms with E-state index in [1.54, 1.807) is 0 Å². The Labute approximate surface area is 110 Å². The predicted molar refractivity (Wildman–Crippen MR) is 74.9 cm³/mol. The van der Waals surface area contributed by atoms with Gasteiger partial charge in [0.2, 0.25) is 0 Å². The van der Waals surface area contributed by atoms with Gasteiger partial charge in [-0.3, -0.25) is 0 Å². The minimum Gasteiger partial charge on any atom is -0.488 e. The van der Waals surface area contributed by atoms with E-state index in [9.17, 15) is 5.11 Å². The van der Waals surface area contributed by atoms with Gasteiger partial charge in [-0.05, 0) is 38.5 Å². The number of benzene rings is 1. The highest BCUT2D eigenvalue weighted by Crippen LogP contribution is 2.21. The Morgan fingerprint density at radius 2 is 1.72 bits per heavy atom. The van der Waals surface area contributed by atoms with Gasteiger partial charge in [0, 0.05) is 12.6 Å². The summed E-state index contributed by atoms with van der Waals surface area (Å²) in [7, 11) is 0. The zero-order valence-corrected chi connectivity index (χ0v) is 12.0. The first kappa shape index (κ1) is 15.0. The first-order valence-corrected chi connectivity index (χ1v) is 6.48. The van der Waals surface area contributed by atoms with E-state index in [4.69, 9.17) is 4.74 Å². The van der Waals surface area contributed by atoms with Gasteiger partial charge in [0.1, 0.15) is 11.4 Å². The van der Waals surface area contributed by atoms with Crippen LogP contribution in [0.1, 0.15) is 46.3 Å². The van der Waals surface area contributed by atoms with E-state index in [0.29, 0.717) is 12.6 Å². The smallest absolute Gasteiger partial charge is 0.120 e. The van der Waals surface area contributed by atoms with E-state index in [1.165, 1.54) is 0 Å². The lowest BCUT2D eigenvalue weighted by Gasteiger charge is -2.21. The Balaban J connectivity index is 2.59. The first-order chi connectivity index (χ1) is 8.28. The molecular formula is C15H25NO2. The van der Waals surface area contributed by atoms with Crippen molar-refractivity contribution in [2.24, 2.45) is 0 Å². The molecule has 0 heterocycles. The molecule has 1 aromatic carbocycles. The van der Waals surface area contributed by atoms with Gasteiger partial charge in [-0.25, -0.2) is 0 Å². The van der Waals surface area contributed by atoms with E-state index in [0.717, 1.165) is 11.3 Å². The maximum atomic E-state index is 9.99. The molecule has 1 unspecified atom stereocenters. The molecule has 1 atom stereocenters. The average molecular weight is 251 g/mol. The zero-order chi connectivity index (χ0) is 13.8. The molecule has 0 fully saturated rings. The number of aliphatic hydroxyl groups is 1. The summed E-state index contributed by atoms with van der Waals surface area (Å²) in [5.41, 5.74) is 0.712. The molecule has 0 bridgehead atoms. The minimum atomic E-state index is -0.476. The van der Waals surface area contributed by atoms with Gasteiger partial charge in [-0.2, -0.15) is 0 Å². The molecule has 0 aliphatic rings. The van der Waals surface area contributed by atoms with Crippen LogP contribution in [0.3, 0.4) is 0 Å². The van der Waals surface area contributed by atoms with Gasteiger partial charge in [0.25, 0.3) is 0 Å². The SMILES string of the molecule is CC(C)NCC(O)c1ccc(OC(C)(C)C)cc1. The lowest BCUT2D eigenvalue weighted by molar-refractivity contribution is 0.130. The fraction of sp³-hybridized carbons (Fsp3) is 0.600. The molecule has 0 aliphatic heterocycles. The van der Waals surface area contributed by atoms with E-state index in [1.807, 2.05) is 45.0 Å². The third kappa shape index (κ3) is 5.52. The molecule has 0 saturated carbocycles. The van der Waals surface area contributed by atoms with Gasteiger partial charge in [0.15, 0.2) is 0 Å². The van der Waals surface area contributed by atoms with Gasteiger partial charge >= 0.3 is 0 Å². The van der Waals surface area contributed by atoms with Crippen molar-refractivity contribution in [2.45, 2.75) is 52.4 Å². The van der Waals surface area contributed by atoms with Gasteiger partial charge < -0.3 is 15.2 Å². The second-order valence-electron chi connectivity index (χ2n) is 5.86. The number of aliphatic hydroxyl groups excluding tert-OH is 1. The molecule has 0 radical (unpaired) electrons. The third-order valence-electron chi connectivity index (χ3n) is 2.41. The van der Waals surface area contributed by atoms with Gasteiger partial charge in [-0.1, -0.05) is 26.0 Å². The van der Waals surface area contributed by atoms with Crippen molar-refractivity contribution < 1.29 is 9.84 Å². The van der Waals surface area contributed by atoms with Crippen molar-refractivity contribution in [3.63, 3.8) is 0 Å². The largest absolute Gasteiger partial charge is 0.488 e. The van der Waals surface area contributed by atoms with Crippen LogP contribution in [-0.2, 0) is 0 Å². The topological polar surface area (TPSA) is 41.5 Å². The monoisotopic (exact) mass is 251 g/mol. The highest BCUT2D eigenvalue weighted by atomic mass is 16.5. The van der Waals surface area contributed by atoms with Crippen LogP contribution >= 0.6 is 0 Å². The van der Waals surface area contributed by atoms with Crippen LogP contribution in [-0.4, -0.2) is 23.3 Å². The molecule has 3 nitrogen and oxygen atoms in total. The number of rotatable bonds is 5. The standard InChI is InChI=1S/C15H25NO2/c1-11(2)16-10-14(17)12-6-8-13(9-7-12)18-15(3,4)5/h6-9,11,14,16-17H,10H2,1-5H3. The van der Waals surface area contributed by atoms with Gasteiger partial charge in [-0.15, -0.1) is 0 Å². The molecule has 18 heavy (non-hydrogen) atoms. The van der Waals surface area contributed by atoms with E-state index in [-0.39, 0.29) is 5.60 Å². The number of hydrogen-bond acceptors (Lipinski definition) is 3. The quantitative estimate of drug-likeness (QED) is 0.845. The van der Waals surface area contributed by atoms with E-state index in [2.05, 4.69) is 19.2 Å². The van der Waals surface area contributed by atoms with Crippen LogP contribution in [0.2, 0.25) is 0 Å². The van der Waals surface area contributed by atoms with Crippen LogP contribution in [0.15, 0.2) is 24.3 Å². The maximum Gasteiger partial charge on any atom is 0.120 e. The normalized spacial score (nSPS) is 13.7. The highest BCUT2D eigenvalue weighted by molar-refractivity contribution is 5.29. The summed E-state index contributed by atoms with van der Waals surface area (Å²) < 4.78 is 5.74. The molecule has 0 aliphatic carbocycles. The Morgan fingerprint density at radius 3 is 2.17 bits per heavy atom. The van der Waals surface area contributed by atoms with Crippen LogP contribution < -0.4 is 10.1 Å². The number of ether oxygens (including phenoxy) is 1. The summed E-state index contributed by atoms with van der Waals surface area (Å²) in [6.45, 7) is 10.7. The van der Waals surface area contributed by atoms with Crippen molar-refractivity contribution in [1.82, 2.24) is 5.32 Å². The molecular weight excluding hydrogens is 226 g/mol. The molecule has 0 saturated heterocycles. The minimum absolute atomic E-state index is 0.195. The van der Waals surface area contributed by atoms with Crippen molar-refractivity contribution >= 4 is 0 Å². The zero-order valence-electron chi connectivity index (χ0n) is 12.0. The number of nitrogens with one attached hydrogen (secondary N) is 1. The first-order valence-electron chi connectivity index (χ1n) is 6.48. The molecule has 1 aromatic rings. The fourth-order valence-electron chi connectivity index (χ4n) is 1.58. The lowest BCUT2D eigenvalue weighted by atomic mass is 10.1. The summed E-state index contributed by atoms with van der Waals surface area (Å²) in [6, 6.07) is 8.00. The molecule has 0 aromatic heterocycles. The second kappa shape index (κ2) is 6.21. The maximum absolute atomic E-state index is 9.99. The van der Waals surface area contributed by atoms with Crippen molar-refractivity contribution in [1.29, 1.82) is 0 Å². The predicted octanol–water partition coefficient (Wildman–Crippen LogP) is 2.90. The lowest BCUT2D eigenvalue weighted by Crippen LogP contribution is -2.27. The van der Waals surface area contributed by atoms with Gasteiger partial charge in [0.05, 0.1) is 6.10 Å². The molecule has 1 rings (SSSR count). The summed E-state index contributed by atoms with van der Waals surface area (Å²) in [5, 5.41) is 13.2. The summed E-state index contributed by atoms with van der Waals surface area (Å²) in [6.07, 6.45) is -0.476. The third-order valence-corrected chi connectivity index (χ3v) is 2.41. The van der Waals surface area contributed by atoms with Crippen LogP contribution in [0.5, 0.6) is 5.75 Å².